The summed E-state index contributed by atoms with van der Waals surface area (Å²) in [5.74, 6) is 0. The zero-order valence-corrected chi connectivity index (χ0v) is 13.0. The zero-order valence-electron chi connectivity index (χ0n) is 10.6. The molecule has 1 nitrogen and oxygen atoms in total. The molecule has 1 N–H and O–H groups in total. The molecule has 1 heterocycles. The lowest BCUT2D eigenvalue weighted by Crippen LogP contribution is -2.13. The van der Waals surface area contributed by atoms with Crippen molar-refractivity contribution in [2.75, 3.05) is 0 Å². The predicted molar refractivity (Wildman–Crippen MR) is 81.3 cm³/mol. The van der Waals surface area contributed by atoms with Crippen LogP contribution < -0.4 is 0 Å². The van der Waals surface area contributed by atoms with Crippen LogP contribution in [-0.4, -0.2) is 11.2 Å². The van der Waals surface area contributed by atoms with Crippen molar-refractivity contribution >= 4 is 27.3 Å². The summed E-state index contributed by atoms with van der Waals surface area (Å²) in [6.07, 6.45) is 1.14. The van der Waals surface area contributed by atoms with E-state index >= 15 is 0 Å². The first-order chi connectivity index (χ1) is 8.52. The number of aliphatic hydroxyl groups excluding tert-OH is 1. The molecule has 2 aromatic rings. The van der Waals surface area contributed by atoms with E-state index < -0.39 is 0 Å². The van der Waals surface area contributed by atoms with Crippen LogP contribution in [-0.2, 0) is 12.8 Å². The smallest absolute Gasteiger partial charge is 0.0701 e. The van der Waals surface area contributed by atoms with Crippen LogP contribution >= 0.6 is 27.3 Å². The van der Waals surface area contributed by atoms with E-state index in [-0.39, 0.29) is 6.10 Å². The van der Waals surface area contributed by atoms with Gasteiger partial charge in [-0.3, -0.25) is 0 Å². The molecule has 0 bridgehead atoms. The van der Waals surface area contributed by atoms with Gasteiger partial charge >= 0.3 is 0 Å². The Balaban J connectivity index is 2.00. The van der Waals surface area contributed by atoms with E-state index in [0.717, 1.165) is 16.6 Å². The van der Waals surface area contributed by atoms with Gasteiger partial charge in [0, 0.05) is 11.3 Å². The lowest BCUT2D eigenvalue weighted by atomic mass is 10.0. The summed E-state index contributed by atoms with van der Waals surface area (Å²) in [7, 11) is 0. The molecule has 0 amide bonds. The summed E-state index contributed by atoms with van der Waals surface area (Å²) in [5.41, 5.74) is 3.74. The fourth-order valence-corrected chi connectivity index (χ4v) is 3.78. The number of thiophene rings is 1. The molecule has 0 aliphatic carbocycles. The van der Waals surface area contributed by atoms with Crippen LogP contribution in [0.5, 0.6) is 0 Å². The van der Waals surface area contributed by atoms with E-state index in [0.29, 0.717) is 0 Å². The minimum absolute atomic E-state index is 0.309. The van der Waals surface area contributed by atoms with E-state index in [1.165, 1.54) is 21.6 Å². The first kappa shape index (κ1) is 13.8. The third kappa shape index (κ3) is 3.94. The summed E-state index contributed by atoms with van der Waals surface area (Å²) in [6.45, 7) is 4.19. The molecule has 0 saturated heterocycles. The van der Waals surface area contributed by atoms with Crippen LogP contribution in [0.15, 0.2) is 34.1 Å². The first-order valence-corrected chi connectivity index (χ1v) is 7.63. The third-order valence-corrected chi connectivity index (χ3v) is 4.46. The molecule has 0 radical (unpaired) electrons. The molecular formula is C15H17BrOS. The van der Waals surface area contributed by atoms with E-state index in [1.807, 2.05) is 6.07 Å². The molecule has 3 heteroatoms. The fourth-order valence-electron chi connectivity index (χ4n) is 2.22. The number of rotatable bonds is 4. The Morgan fingerprint density at radius 3 is 2.33 bits per heavy atom. The number of halogens is 1. The number of aliphatic hydroxyl groups is 1. The predicted octanol–water partition coefficient (Wildman–Crippen LogP) is 4.27. The van der Waals surface area contributed by atoms with E-state index in [4.69, 9.17) is 0 Å². The van der Waals surface area contributed by atoms with E-state index in [9.17, 15) is 5.11 Å². The second kappa shape index (κ2) is 6.00. The fraction of sp³-hybridized carbons (Fsp3) is 0.333. The van der Waals surface area contributed by atoms with Crippen molar-refractivity contribution in [3.8, 4) is 0 Å². The Labute approximate surface area is 121 Å². The van der Waals surface area contributed by atoms with Crippen molar-refractivity contribution in [2.24, 2.45) is 0 Å². The second-order valence-corrected chi connectivity index (χ2v) is 7.31. The van der Waals surface area contributed by atoms with Crippen LogP contribution in [0.1, 0.15) is 21.6 Å². The Bertz CT molecular complexity index is 513. The summed E-state index contributed by atoms with van der Waals surface area (Å²) in [6, 6.07) is 10.6. The van der Waals surface area contributed by atoms with E-state index in [1.54, 1.807) is 11.3 Å². The van der Waals surface area contributed by atoms with Crippen molar-refractivity contribution in [3.63, 3.8) is 0 Å². The number of hydrogen-bond donors (Lipinski definition) is 1. The second-order valence-electron chi connectivity index (χ2n) is 4.76. The molecule has 0 saturated carbocycles. The van der Waals surface area contributed by atoms with Crippen LogP contribution in [0, 0.1) is 13.8 Å². The van der Waals surface area contributed by atoms with Crippen LogP contribution in [0.2, 0.25) is 0 Å². The molecule has 1 atom stereocenters. The molecule has 96 valence electrons. The lowest BCUT2D eigenvalue weighted by molar-refractivity contribution is 0.176. The topological polar surface area (TPSA) is 20.2 Å². The molecule has 2 rings (SSSR count). The molecule has 0 aliphatic rings. The number of hydrogen-bond acceptors (Lipinski definition) is 2. The summed E-state index contributed by atoms with van der Waals surface area (Å²) >= 11 is 5.13. The minimum Gasteiger partial charge on any atom is -0.392 e. The molecule has 1 aromatic heterocycles. The van der Waals surface area contributed by atoms with Crippen molar-refractivity contribution in [1.82, 2.24) is 0 Å². The summed E-state index contributed by atoms with van der Waals surface area (Å²) < 4.78 is 1.12. The lowest BCUT2D eigenvalue weighted by Gasteiger charge is -2.11. The highest BCUT2D eigenvalue weighted by Gasteiger charge is 2.09. The van der Waals surface area contributed by atoms with Crippen molar-refractivity contribution in [1.29, 1.82) is 0 Å². The number of benzene rings is 1. The third-order valence-electron chi connectivity index (χ3n) is 2.82. The molecule has 1 aromatic carbocycles. The normalized spacial score (nSPS) is 12.7. The van der Waals surface area contributed by atoms with Gasteiger partial charge in [-0.1, -0.05) is 29.3 Å². The molecule has 0 fully saturated rings. The van der Waals surface area contributed by atoms with Gasteiger partial charge in [0.15, 0.2) is 0 Å². The standard InChI is InChI=1S/C15H17BrOS/c1-10-5-11(2)7-12(6-10)8-13(17)9-14-3-4-15(16)18-14/h3-7,13,17H,8-9H2,1-2H3. The maximum atomic E-state index is 10.1. The minimum atomic E-state index is -0.309. The van der Waals surface area contributed by atoms with Gasteiger partial charge in [0.1, 0.15) is 0 Å². The van der Waals surface area contributed by atoms with Gasteiger partial charge in [0.05, 0.1) is 9.89 Å². The van der Waals surface area contributed by atoms with Gasteiger partial charge < -0.3 is 5.11 Å². The van der Waals surface area contributed by atoms with Gasteiger partial charge in [0.25, 0.3) is 0 Å². The Morgan fingerprint density at radius 2 is 1.78 bits per heavy atom. The van der Waals surface area contributed by atoms with E-state index in [2.05, 4.69) is 54.0 Å². The highest BCUT2D eigenvalue weighted by molar-refractivity contribution is 9.11. The average molecular weight is 325 g/mol. The molecule has 0 aliphatic heterocycles. The Morgan fingerprint density at radius 1 is 1.11 bits per heavy atom. The highest BCUT2D eigenvalue weighted by atomic mass is 79.9. The van der Waals surface area contributed by atoms with Gasteiger partial charge in [-0.15, -0.1) is 11.3 Å². The highest BCUT2D eigenvalue weighted by Crippen LogP contribution is 2.24. The maximum absolute atomic E-state index is 10.1. The zero-order chi connectivity index (χ0) is 13.1. The summed E-state index contributed by atoms with van der Waals surface area (Å²) in [5, 5.41) is 10.1. The van der Waals surface area contributed by atoms with Gasteiger partial charge in [0.2, 0.25) is 0 Å². The quantitative estimate of drug-likeness (QED) is 0.890. The Hall–Kier alpha value is -0.640. The maximum Gasteiger partial charge on any atom is 0.0701 e. The van der Waals surface area contributed by atoms with Gasteiger partial charge in [-0.2, -0.15) is 0 Å². The average Bonchev–Trinajstić information content (AvgIpc) is 2.61. The Kier molecular flexibility index (Phi) is 4.60. The van der Waals surface area contributed by atoms with Gasteiger partial charge in [-0.05, 0) is 53.9 Å². The molecule has 1 unspecified atom stereocenters. The molecule has 18 heavy (non-hydrogen) atoms. The number of aryl methyl sites for hydroxylation is 2. The van der Waals surface area contributed by atoms with Crippen LogP contribution in [0.3, 0.4) is 0 Å². The summed E-state index contributed by atoms with van der Waals surface area (Å²) in [4.78, 5) is 1.22. The van der Waals surface area contributed by atoms with Crippen LogP contribution in [0.25, 0.3) is 0 Å². The van der Waals surface area contributed by atoms with Gasteiger partial charge in [-0.25, -0.2) is 0 Å². The van der Waals surface area contributed by atoms with Crippen molar-refractivity contribution < 1.29 is 5.11 Å². The van der Waals surface area contributed by atoms with Crippen molar-refractivity contribution in [3.05, 3.63) is 55.7 Å². The monoisotopic (exact) mass is 324 g/mol. The molecule has 0 spiro atoms. The van der Waals surface area contributed by atoms with Crippen molar-refractivity contribution in [2.45, 2.75) is 32.8 Å². The first-order valence-electron chi connectivity index (χ1n) is 6.02. The largest absolute Gasteiger partial charge is 0.392 e. The SMILES string of the molecule is Cc1cc(C)cc(CC(O)Cc2ccc(Br)s2)c1. The molecular weight excluding hydrogens is 308 g/mol. The van der Waals surface area contributed by atoms with Crippen LogP contribution in [0.4, 0.5) is 0 Å².